The van der Waals surface area contributed by atoms with Crippen molar-refractivity contribution in [3.05, 3.63) is 52.0 Å². The van der Waals surface area contributed by atoms with Crippen molar-refractivity contribution in [3.63, 3.8) is 0 Å². The van der Waals surface area contributed by atoms with E-state index >= 15 is 0 Å². The van der Waals surface area contributed by atoms with Gasteiger partial charge in [0.2, 0.25) is 0 Å². The molecular formula is C15H15Cl2NO2. The van der Waals surface area contributed by atoms with Crippen LogP contribution >= 0.6 is 23.2 Å². The Labute approximate surface area is 128 Å². The van der Waals surface area contributed by atoms with Gasteiger partial charge in [-0.25, -0.2) is 0 Å². The number of anilines is 1. The standard InChI is InChI=1S/C15H15Cl2NO2/c1-2-19-15-4-3-13(18)5-10(15)9-20-14-7-11(16)6-12(17)8-14/h3-8H,2,9,18H2,1H3. The van der Waals surface area contributed by atoms with Gasteiger partial charge in [-0.05, 0) is 43.3 Å². The third-order valence-corrected chi connectivity index (χ3v) is 3.05. The van der Waals surface area contributed by atoms with E-state index in [-0.39, 0.29) is 0 Å². The van der Waals surface area contributed by atoms with Crippen molar-refractivity contribution in [1.82, 2.24) is 0 Å². The van der Waals surface area contributed by atoms with Crippen molar-refractivity contribution in [2.75, 3.05) is 12.3 Å². The highest BCUT2D eigenvalue weighted by molar-refractivity contribution is 6.34. The SMILES string of the molecule is CCOc1ccc(N)cc1COc1cc(Cl)cc(Cl)c1. The van der Waals surface area contributed by atoms with Crippen molar-refractivity contribution in [3.8, 4) is 11.5 Å². The third kappa shape index (κ3) is 3.95. The lowest BCUT2D eigenvalue weighted by atomic mass is 10.2. The van der Waals surface area contributed by atoms with Crippen LogP contribution in [0.4, 0.5) is 5.69 Å². The van der Waals surface area contributed by atoms with Gasteiger partial charge in [-0.2, -0.15) is 0 Å². The molecule has 0 atom stereocenters. The summed E-state index contributed by atoms with van der Waals surface area (Å²) in [6, 6.07) is 10.5. The Morgan fingerprint density at radius 2 is 1.70 bits per heavy atom. The molecule has 0 fully saturated rings. The van der Waals surface area contributed by atoms with E-state index in [1.165, 1.54) is 0 Å². The fourth-order valence-corrected chi connectivity index (χ4v) is 2.29. The van der Waals surface area contributed by atoms with E-state index < -0.39 is 0 Å². The largest absolute Gasteiger partial charge is 0.493 e. The molecule has 20 heavy (non-hydrogen) atoms. The Morgan fingerprint density at radius 3 is 2.35 bits per heavy atom. The first-order valence-electron chi connectivity index (χ1n) is 6.18. The van der Waals surface area contributed by atoms with Crippen molar-refractivity contribution < 1.29 is 9.47 Å². The summed E-state index contributed by atoms with van der Waals surface area (Å²) in [5.74, 6) is 1.36. The minimum atomic E-state index is 0.330. The Bertz CT molecular complexity index is 582. The molecule has 0 aromatic heterocycles. The van der Waals surface area contributed by atoms with E-state index in [0.29, 0.717) is 34.7 Å². The van der Waals surface area contributed by atoms with Crippen LogP contribution in [0.25, 0.3) is 0 Å². The summed E-state index contributed by atoms with van der Waals surface area (Å²) in [5.41, 5.74) is 7.33. The molecule has 2 aromatic carbocycles. The van der Waals surface area contributed by atoms with Crippen molar-refractivity contribution >= 4 is 28.9 Å². The van der Waals surface area contributed by atoms with Gasteiger partial charge in [0.25, 0.3) is 0 Å². The number of hydrogen-bond donors (Lipinski definition) is 1. The molecule has 2 aromatic rings. The monoisotopic (exact) mass is 311 g/mol. The van der Waals surface area contributed by atoms with Gasteiger partial charge in [-0.1, -0.05) is 23.2 Å². The number of hydrogen-bond acceptors (Lipinski definition) is 3. The summed E-state index contributed by atoms with van der Waals surface area (Å²) >= 11 is 11.9. The minimum absolute atomic E-state index is 0.330. The average molecular weight is 312 g/mol. The molecule has 0 spiro atoms. The van der Waals surface area contributed by atoms with E-state index in [2.05, 4.69) is 0 Å². The van der Waals surface area contributed by atoms with E-state index in [1.54, 1.807) is 24.3 Å². The van der Waals surface area contributed by atoms with Crippen LogP contribution in [0.2, 0.25) is 10.0 Å². The molecule has 0 bridgehead atoms. The number of ether oxygens (including phenoxy) is 2. The fraction of sp³-hybridized carbons (Fsp3) is 0.200. The summed E-state index contributed by atoms with van der Waals surface area (Å²) in [7, 11) is 0. The van der Waals surface area contributed by atoms with Crippen LogP contribution < -0.4 is 15.2 Å². The van der Waals surface area contributed by atoms with Crippen LogP contribution in [0, 0.1) is 0 Å². The molecular weight excluding hydrogens is 297 g/mol. The van der Waals surface area contributed by atoms with Gasteiger partial charge in [0.05, 0.1) is 6.61 Å². The first-order chi connectivity index (χ1) is 9.58. The summed E-state index contributed by atoms with van der Waals surface area (Å²) in [5, 5.41) is 1.07. The zero-order chi connectivity index (χ0) is 14.5. The van der Waals surface area contributed by atoms with Crippen LogP contribution in [-0.2, 0) is 6.61 Å². The maximum absolute atomic E-state index is 5.93. The second-order valence-electron chi connectivity index (χ2n) is 4.19. The summed E-state index contributed by atoms with van der Waals surface area (Å²) in [6.45, 7) is 2.84. The number of rotatable bonds is 5. The maximum Gasteiger partial charge on any atom is 0.126 e. The van der Waals surface area contributed by atoms with Crippen LogP contribution in [0.15, 0.2) is 36.4 Å². The van der Waals surface area contributed by atoms with Crippen molar-refractivity contribution in [2.24, 2.45) is 0 Å². The van der Waals surface area contributed by atoms with E-state index in [0.717, 1.165) is 11.3 Å². The van der Waals surface area contributed by atoms with Gasteiger partial charge in [0, 0.05) is 21.3 Å². The second kappa shape index (κ2) is 6.73. The van der Waals surface area contributed by atoms with Gasteiger partial charge in [0.15, 0.2) is 0 Å². The molecule has 0 aliphatic rings. The molecule has 0 unspecified atom stereocenters. The van der Waals surface area contributed by atoms with E-state index in [4.69, 9.17) is 38.4 Å². The normalized spacial score (nSPS) is 10.3. The first kappa shape index (κ1) is 14.8. The van der Waals surface area contributed by atoms with Crippen molar-refractivity contribution in [1.29, 1.82) is 0 Å². The maximum atomic E-state index is 5.93. The zero-order valence-corrected chi connectivity index (χ0v) is 12.5. The molecule has 2 N–H and O–H groups in total. The summed E-state index contributed by atoms with van der Waals surface area (Å²) < 4.78 is 11.2. The molecule has 106 valence electrons. The minimum Gasteiger partial charge on any atom is -0.493 e. The van der Waals surface area contributed by atoms with Crippen LogP contribution in [0.5, 0.6) is 11.5 Å². The first-order valence-corrected chi connectivity index (χ1v) is 6.94. The molecule has 3 nitrogen and oxygen atoms in total. The van der Waals surface area contributed by atoms with Crippen LogP contribution in [0.1, 0.15) is 12.5 Å². The predicted octanol–water partition coefficient (Wildman–Crippen LogP) is 4.55. The average Bonchev–Trinajstić information content (AvgIpc) is 2.38. The highest BCUT2D eigenvalue weighted by Gasteiger charge is 2.06. The molecule has 0 aliphatic heterocycles. The Kier molecular flexibility index (Phi) is 4.99. The molecule has 0 aliphatic carbocycles. The van der Waals surface area contributed by atoms with Crippen LogP contribution in [0.3, 0.4) is 0 Å². The topological polar surface area (TPSA) is 44.5 Å². The quantitative estimate of drug-likeness (QED) is 0.824. The van der Waals surface area contributed by atoms with Gasteiger partial charge in [0.1, 0.15) is 18.1 Å². The molecule has 0 saturated carbocycles. The van der Waals surface area contributed by atoms with Crippen LogP contribution in [-0.4, -0.2) is 6.61 Å². The summed E-state index contributed by atoms with van der Waals surface area (Å²) in [6.07, 6.45) is 0. The molecule has 5 heteroatoms. The lowest BCUT2D eigenvalue weighted by molar-refractivity contribution is 0.286. The Morgan fingerprint density at radius 1 is 1.00 bits per heavy atom. The number of halogens is 2. The van der Waals surface area contributed by atoms with Gasteiger partial charge in [-0.3, -0.25) is 0 Å². The molecule has 0 amide bonds. The zero-order valence-electron chi connectivity index (χ0n) is 11.0. The fourth-order valence-electron chi connectivity index (χ4n) is 1.78. The van der Waals surface area contributed by atoms with Gasteiger partial charge >= 0.3 is 0 Å². The predicted molar refractivity (Wildman–Crippen MR) is 82.8 cm³/mol. The third-order valence-electron chi connectivity index (χ3n) is 2.61. The second-order valence-corrected chi connectivity index (χ2v) is 5.07. The Hall–Kier alpha value is -1.58. The van der Waals surface area contributed by atoms with Gasteiger partial charge in [-0.15, -0.1) is 0 Å². The molecule has 0 radical (unpaired) electrons. The highest BCUT2D eigenvalue weighted by atomic mass is 35.5. The summed E-state index contributed by atoms with van der Waals surface area (Å²) in [4.78, 5) is 0. The smallest absolute Gasteiger partial charge is 0.126 e. The highest BCUT2D eigenvalue weighted by Crippen LogP contribution is 2.27. The molecule has 0 heterocycles. The number of nitrogen functional groups attached to an aromatic ring is 1. The van der Waals surface area contributed by atoms with E-state index in [9.17, 15) is 0 Å². The van der Waals surface area contributed by atoms with E-state index in [1.807, 2.05) is 19.1 Å². The van der Waals surface area contributed by atoms with Crippen molar-refractivity contribution in [2.45, 2.75) is 13.5 Å². The lowest BCUT2D eigenvalue weighted by Gasteiger charge is -2.12. The number of nitrogens with two attached hydrogens (primary N) is 1. The van der Waals surface area contributed by atoms with Gasteiger partial charge < -0.3 is 15.2 Å². The lowest BCUT2D eigenvalue weighted by Crippen LogP contribution is -2.02. The molecule has 0 saturated heterocycles. The number of benzene rings is 2. The Balaban J connectivity index is 2.15. The molecule has 2 rings (SSSR count).